The van der Waals surface area contributed by atoms with Crippen molar-refractivity contribution in [2.45, 2.75) is 11.7 Å². The van der Waals surface area contributed by atoms with Gasteiger partial charge in [-0.25, -0.2) is 0 Å². The second-order valence-electron chi connectivity index (χ2n) is 1.08. The van der Waals surface area contributed by atoms with Crippen molar-refractivity contribution in [2.24, 2.45) is 0 Å². The first-order valence-corrected chi connectivity index (χ1v) is 6.05. The molecule has 2 heteroatoms. The molecule has 1 heterocycles. The molecule has 0 aromatic rings. The number of allylic oxidation sites excluding steroid dienone is 1. The Hall–Kier alpha value is 0.609. The van der Waals surface area contributed by atoms with Crippen LogP contribution in [0.25, 0.3) is 0 Å². The Labute approximate surface area is 47.6 Å². The molecule has 1 aliphatic heterocycles. The molecule has 0 saturated heterocycles. The fraction of sp³-hybridized carbons (Fsp3) is 0.500. The van der Waals surface area contributed by atoms with E-state index in [4.69, 9.17) is 0 Å². The second kappa shape index (κ2) is 2.73. The normalized spacial score (nSPS) is 21.3. The topological polar surface area (TPSA) is 0 Å². The Morgan fingerprint density at radius 1 is 1.67 bits per heavy atom. The van der Waals surface area contributed by atoms with Gasteiger partial charge < -0.3 is 0 Å². The van der Waals surface area contributed by atoms with Gasteiger partial charge in [-0.2, -0.15) is 0 Å². The molecular weight excluding hydrogens is 159 g/mol. The average Bonchev–Trinajstić information content (AvgIpc) is 1.72. The van der Waals surface area contributed by atoms with Crippen molar-refractivity contribution in [1.82, 2.24) is 0 Å². The fourth-order valence-electron chi connectivity index (χ4n) is 0.311. The summed E-state index contributed by atoms with van der Waals surface area (Å²) in [4.78, 5) is 0. The summed E-state index contributed by atoms with van der Waals surface area (Å²) in [5, 5.41) is 3.65. The van der Waals surface area contributed by atoms with E-state index in [1.165, 1.54) is 11.7 Å². The van der Waals surface area contributed by atoms with Gasteiger partial charge in [0, 0.05) is 0 Å². The predicted molar refractivity (Wildman–Crippen MR) is 31.9 cm³/mol. The summed E-state index contributed by atoms with van der Waals surface area (Å²) in [7, 11) is 1.98. The molecular formula is C4H6SSe. The van der Waals surface area contributed by atoms with E-state index in [9.17, 15) is 0 Å². The van der Waals surface area contributed by atoms with Crippen LogP contribution < -0.4 is 0 Å². The first-order valence-electron chi connectivity index (χ1n) is 1.93. The Morgan fingerprint density at radius 3 is 2.83 bits per heavy atom. The van der Waals surface area contributed by atoms with Crippen molar-refractivity contribution in [3.05, 3.63) is 11.5 Å². The fourth-order valence-corrected chi connectivity index (χ4v) is 3.28. The molecule has 0 bridgehead atoms. The van der Waals surface area contributed by atoms with Crippen molar-refractivity contribution in [2.75, 3.05) is 0 Å². The molecule has 0 atom stereocenters. The van der Waals surface area contributed by atoms with Crippen LogP contribution in [0, 0.1) is 0 Å². The molecule has 0 nitrogen and oxygen atoms in total. The Morgan fingerprint density at radius 2 is 2.67 bits per heavy atom. The van der Waals surface area contributed by atoms with Gasteiger partial charge in [-0.05, 0) is 0 Å². The number of hydrogen-bond donors (Lipinski definition) is 0. The molecule has 0 N–H and O–H groups in total. The molecule has 0 aliphatic carbocycles. The van der Waals surface area contributed by atoms with Crippen LogP contribution in [0.3, 0.4) is 0 Å². The molecule has 0 fully saturated rings. The quantitative estimate of drug-likeness (QED) is 0.492. The summed E-state index contributed by atoms with van der Waals surface area (Å²) in [5.74, 6) is 0. The molecule has 1 aliphatic rings. The van der Waals surface area contributed by atoms with Gasteiger partial charge in [-0.3, -0.25) is 0 Å². The molecule has 0 amide bonds. The van der Waals surface area contributed by atoms with Crippen LogP contribution in [0.15, 0.2) is 11.5 Å². The van der Waals surface area contributed by atoms with E-state index in [2.05, 4.69) is 11.5 Å². The van der Waals surface area contributed by atoms with Crippen LogP contribution in [-0.2, 0) is 0 Å². The summed E-state index contributed by atoms with van der Waals surface area (Å²) >= 11 is 0.884. The van der Waals surface area contributed by atoms with Gasteiger partial charge in [0.1, 0.15) is 0 Å². The minimum absolute atomic E-state index is 0.884. The van der Waals surface area contributed by atoms with Gasteiger partial charge >= 0.3 is 47.2 Å². The van der Waals surface area contributed by atoms with Crippen LogP contribution in [-0.4, -0.2) is 13.8 Å². The van der Waals surface area contributed by atoms with E-state index in [1.807, 2.05) is 10.2 Å². The Balaban J connectivity index is 2.26. The summed E-state index contributed by atoms with van der Waals surface area (Å²) in [5.41, 5.74) is 0. The van der Waals surface area contributed by atoms with Crippen molar-refractivity contribution in [1.29, 1.82) is 0 Å². The Kier molecular flexibility index (Phi) is 2.16. The monoisotopic (exact) mass is 166 g/mol. The van der Waals surface area contributed by atoms with E-state index in [0.717, 1.165) is 13.8 Å². The SMILES string of the molecule is C1=CS[Se]CC1. The van der Waals surface area contributed by atoms with E-state index in [-0.39, 0.29) is 0 Å². The first kappa shape index (κ1) is 4.76. The molecule has 0 spiro atoms. The van der Waals surface area contributed by atoms with Gasteiger partial charge in [-0.1, -0.05) is 0 Å². The van der Waals surface area contributed by atoms with E-state index >= 15 is 0 Å². The van der Waals surface area contributed by atoms with E-state index < -0.39 is 0 Å². The van der Waals surface area contributed by atoms with Gasteiger partial charge in [-0.15, -0.1) is 0 Å². The molecule has 0 unspecified atom stereocenters. The predicted octanol–water partition coefficient (Wildman–Crippen LogP) is 1.67. The number of hydrogen-bond acceptors (Lipinski definition) is 1. The maximum atomic E-state index is 2.25. The van der Waals surface area contributed by atoms with E-state index in [1.54, 1.807) is 0 Å². The molecule has 1 rings (SSSR count). The van der Waals surface area contributed by atoms with Crippen LogP contribution in [0.1, 0.15) is 6.42 Å². The van der Waals surface area contributed by atoms with Crippen molar-refractivity contribution in [3.8, 4) is 0 Å². The molecule has 34 valence electrons. The summed E-state index contributed by atoms with van der Waals surface area (Å²) in [6, 6.07) is 0. The van der Waals surface area contributed by atoms with Crippen LogP contribution >= 0.6 is 10.2 Å². The van der Waals surface area contributed by atoms with Crippen molar-refractivity contribution in [3.63, 3.8) is 0 Å². The summed E-state index contributed by atoms with van der Waals surface area (Å²) in [6.45, 7) is 0. The maximum absolute atomic E-state index is 2.25. The molecule has 0 saturated carbocycles. The number of rotatable bonds is 0. The third kappa shape index (κ3) is 1.37. The standard InChI is InChI=1S/C4H6SSe/c1-2-4-6-5-3-1/h1,3H,2,4H2. The minimum atomic E-state index is 0.884. The summed E-state index contributed by atoms with van der Waals surface area (Å²) < 4.78 is 0. The molecule has 0 aromatic carbocycles. The third-order valence-corrected chi connectivity index (χ3v) is 4.29. The summed E-state index contributed by atoms with van der Waals surface area (Å²) in [6.07, 6.45) is 3.57. The zero-order valence-corrected chi connectivity index (χ0v) is 5.91. The van der Waals surface area contributed by atoms with Gasteiger partial charge in [0.05, 0.1) is 0 Å². The van der Waals surface area contributed by atoms with Gasteiger partial charge in [0.15, 0.2) is 0 Å². The average molecular weight is 165 g/mol. The second-order valence-corrected chi connectivity index (χ2v) is 5.33. The van der Waals surface area contributed by atoms with Gasteiger partial charge in [0.25, 0.3) is 0 Å². The zero-order chi connectivity index (χ0) is 4.24. The zero-order valence-electron chi connectivity index (χ0n) is 3.39. The van der Waals surface area contributed by atoms with Crippen LogP contribution in [0.5, 0.6) is 0 Å². The first-order chi connectivity index (χ1) is 3.00. The molecule has 6 heavy (non-hydrogen) atoms. The van der Waals surface area contributed by atoms with Crippen molar-refractivity contribution < 1.29 is 0 Å². The van der Waals surface area contributed by atoms with E-state index in [0.29, 0.717) is 0 Å². The molecule has 0 aromatic heterocycles. The van der Waals surface area contributed by atoms with Gasteiger partial charge in [0.2, 0.25) is 0 Å². The van der Waals surface area contributed by atoms with Crippen molar-refractivity contribution >= 4 is 24.0 Å². The Bertz CT molecular complexity index is 52.6. The third-order valence-electron chi connectivity index (χ3n) is 0.588. The molecule has 0 radical (unpaired) electrons. The van der Waals surface area contributed by atoms with Crippen LogP contribution in [0.2, 0.25) is 5.32 Å². The van der Waals surface area contributed by atoms with Crippen LogP contribution in [0.4, 0.5) is 0 Å².